The van der Waals surface area contributed by atoms with Gasteiger partial charge >= 0.3 is 0 Å². The highest BCUT2D eigenvalue weighted by Gasteiger charge is 2.24. The molecule has 2 rings (SSSR count). The fourth-order valence-electron chi connectivity index (χ4n) is 2.22. The van der Waals surface area contributed by atoms with Gasteiger partial charge < -0.3 is 4.57 Å². The van der Waals surface area contributed by atoms with Gasteiger partial charge in [0, 0.05) is 10.6 Å². The summed E-state index contributed by atoms with van der Waals surface area (Å²) in [4.78, 5) is 0. The Morgan fingerprint density at radius 2 is 1.44 bits per heavy atom. The average molecular weight is 258 g/mol. The van der Waals surface area contributed by atoms with Gasteiger partial charge in [-0.2, -0.15) is 0 Å². The molecule has 0 saturated heterocycles. The Hall–Kier alpha value is -1.33. The Morgan fingerprint density at radius 3 is 2.06 bits per heavy atom. The largest absolute Gasteiger partial charge is 0.314 e. The molecule has 0 saturated carbocycles. The van der Waals surface area contributed by atoms with Gasteiger partial charge in [0.1, 0.15) is 7.14 Å². The first-order valence-corrected chi connectivity index (χ1v) is 8.41. The number of rotatable bonds is 3. The van der Waals surface area contributed by atoms with E-state index in [4.69, 9.17) is 0 Å². The predicted octanol–water partition coefficient (Wildman–Crippen LogP) is 3.75. The molecule has 0 heterocycles. The molecule has 0 aliphatic heterocycles. The van der Waals surface area contributed by atoms with Crippen LogP contribution in [-0.2, 0) is 4.57 Å². The predicted molar refractivity (Wildman–Crippen MR) is 79.8 cm³/mol. The van der Waals surface area contributed by atoms with E-state index >= 15 is 0 Å². The summed E-state index contributed by atoms with van der Waals surface area (Å²) in [6.45, 7) is 6.15. The van der Waals surface area contributed by atoms with Crippen molar-refractivity contribution in [3.8, 4) is 0 Å². The molecule has 0 N–H and O–H groups in total. The van der Waals surface area contributed by atoms with Crippen LogP contribution in [0.3, 0.4) is 0 Å². The van der Waals surface area contributed by atoms with E-state index in [1.807, 2.05) is 55.2 Å². The number of benzene rings is 2. The second-order valence-corrected chi connectivity index (χ2v) is 7.82. The van der Waals surface area contributed by atoms with Gasteiger partial charge in [0.25, 0.3) is 0 Å². The zero-order chi connectivity index (χ0) is 13.2. The Kier molecular flexibility index (Phi) is 3.73. The lowest BCUT2D eigenvalue weighted by molar-refractivity contribution is 0.590. The molecule has 1 unspecified atom stereocenters. The average Bonchev–Trinajstić information content (AvgIpc) is 2.39. The summed E-state index contributed by atoms with van der Waals surface area (Å²) in [5, 5.41) is 1.92. The number of hydrogen-bond acceptors (Lipinski definition) is 1. The molecule has 2 heteroatoms. The third-order valence-electron chi connectivity index (χ3n) is 3.27. The van der Waals surface area contributed by atoms with Gasteiger partial charge in [0.15, 0.2) is 0 Å². The third-order valence-corrected chi connectivity index (χ3v) is 5.88. The van der Waals surface area contributed by atoms with E-state index in [2.05, 4.69) is 19.9 Å². The third kappa shape index (κ3) is 2.42. The first-order valence-electron chi connectivity index (χ1n) is 6.26. The highest BCUT2D eigenvalue weighted by Crippen LogP contribution is 2.40. The van der Waals surface area contributed by atoms with E-state index in [1.165, 1.54) is 5.56 Å². The van der Waals surface area contributed by atoms with Crippen molar-refractivity contribution in [1.82, 2.24) is 0 Å². The summed E-state index contributed by atoms with van der Waals surface area (Å²) in [7, 11) is -2.49. The minimum Gasteiger partial charge on any atom is -0.314 e. The van der Waals surface area contributed by atoms with Crippen LogP contribution in [0.25, 0.3) is 0 Å². The molecule has 0 aliphatic rings. The van der Waals surface area contributed by atoms with Crippen molar-refractivity contribution >= 4 is 17.8 Å². The minimum atomic E-state index is -2.49. The molecular weight excluding hydrogens is 239 g/mol. The van der Waals surface area contributed by atoms with Crippen molar-refractivity contribution in [1.29, 1.82) is 0 Å². The van der Waals surface area contributed by atoms with Crippen molar-refractivity contribution in [3.63, 3.8) is 0 Å². The molecule has 0 aliphatic carbocycles. The topological polar surface area (TPSA) is 17.1 Å². The summed E-state index contributed by atoms with van der Waals surface area (Å²) in [5.74, 6) is 0.387. The normalized spacial score (nSPS) is 14.4. The van der Waals surface area contributed by atoms with Crippen LogP contribution in [0.4, 0.5) is 0 Å². The van der Waals surface area contributed by atoms with Crippen LogP contribution in [0.2, 0.25) is 0 Å². The van der Waals surface area contributed by atoms with Crippen LogP contribution in [-0.4, -0.2) is 6.66 Å². The van der Waals surface area contributed by atoms with Gasteiger partial charge in [-0.1, -0.05) is 68.4 Å². The molecule has 0 spiro atoms. The summed E-state index contributed by atoms with van der Waals surface area (Å²) in [6.07, 6.45) is 0. The molecular formula is C16H19OP. The lowest BCUT2D eigenvalue weighted by atomic mass is 10.0. The lowest BCUT2D eigenvalue weighted by Crippen LogP contribution is -2.19. The standard InChI is InChI=1S/C16H19OP/c1-13(2)15-11-7-8-12-16(15)18(3,17)14-9-5-4-6-10-14/h4-13H,1-3H3. The van der Waals surface area contributed by atoms with Gasteiger partial charge in [0.2, 0.25) is 0 Å². The molecule has 2 aromatic carbocycles. The van der Waals surface area contributed by atoms with Gasteiger partial charge in [-0.05, 0) is 18.1 Å². The fraction of sp³-hybridized carbons (Fsp3) is 0.250. The maximum absolute atomic E-state index is 13.1. The Bertz CT molecular complexity index is 573. The van der Waals surface area contributed by atoms with Crippen LogP contribution in [0, 0.1) is 0 Å². The highest BCUT2D eigenvalue weighted by molar-refractivity contribution is 7.78. The molecule has 18 heavy (non-hydrogen) atoms. The monoisotopic (exact) mass is 258 g/mol. The summed E-state index contributed by atoms with van der Waals surface area (Å²) < 4.78 is 13.1. The van der Waals surface area contributed by atoms with Crippen molar-refractivity contribution in [2.75, 3.05) is 6.66 Å². The summed E-state index contributed by atoms with van der Waals surface area (Å²) in [6, 6.07) is 17.8. The van der Waals surface area contributed by atoms with E-state index < -0.39 is 7.14 Å². The lowest BCUT2D eigenvalue weighted by Gasteiger charge is -2.19. The van der Waals surface area contributed by atoms with Gasteiger partial charge in [-0.3, -0.25) is 0 Å². The molecule has 2 aromatic rings. The maximum Gasteiger partial charge on any atom is 0.140 e. The van der Waals surface area contributed by atoms with Crippen molar-refractivity contribution in [3.05, 3.63) is 60.2 Å². The van der Waals surface area contributed by atoms with Gasteiger partial charge in [-0.25, -0.2) is 0 Å². The van der Waals surface area contributed by atoms with Crippen LogP contribution < -0.4 is 10.6 Å². The minimum absolute atomic E-state index is 0.387. The number of hydrogen-bond donors (Lipinski definition) is 0. The smallest absolute Gasteiger partial charge is 0.140 e. The fourth-order valence-corrected chi connectivity index (χ4v) is 4.43. The second kappa shape index (κ2) is 5.12. The molecule has 0 fully saturated rings. The van der Waals surface area contributed by atoms with Crippen molar-refractivity contribution < 1.29 is 4.57 Å². The van der Waals surface area contributed by atoms with Crippen LogP contribution in [0.5, 0.6) is 0 Å². The van der Waals surface area contributed by atoms with Crippen LogP contribution in [0.1, 0.15) is 25.3 Å². The molecule has 0 radical (unpaired) electrons. The summed E-state index contributed by atoms with van der Waals surface area (Å²) >= 11 is 0. The first kappa shape index (κ1) is 13.1. The van der Waals surface area contributed by atoms with Gasteiger partial charge in [-0.15, -0.1) is 0 Å². The Morgan fingerprint density at radius 1 is 0.889 bits per heavy atom. The quantitative estimate of drug-likeness (QED) is 0.766. The zero-order valence-electron chi connectivity index (χ0n) is 11.1. The Balaban J connectivity index is 2.58. The van der Waals surface area contributed by atoms with Crippen molar-refractivity contribution in [2.24, 2.45) is 0 Å². The van der Waals surface area contributed by atoms with E-state index in [9.17, 15) is 4.57 Å². The summed E-state index contributed by atoms with van der Waals surface area (Å²) in [5.41, 5.74) is 1.19. The second-order valence-electron chi connectivity index (χ2n) is 4.97. The SMILES string of the molecule is CC(C)c1ccccc1P(C)(=O)c1ccccc1. The molecule has 0 amide bonds. The maximum atomic E-state index is 13.1. The zero-order valence-corrected chi connectivity index (χ0v) is 12.0. The molecule has 0 bridgehead atoms. The Labute approximate surface area is 109 Å². The first-order chi connectivity index (χ1) is 8.53. The van der Waals surface area contributed by atoms with E-state index in [0.717, 1.165) is 10.6 Å². The van der Waals surface area contributed by atoms with Gasteiger partial charge in [0.05, 0.1) is 0 Å². The molecule has 94 valence electrons. The molecule has 1 atom stereocenters. The van der Waals surface area contributed by atoms with E-state index in [-0.39, 0.29) is 0 Å². The van der Waals surface area contributed by atoms with Crippen molar-refractivity contribution in [2.45, 2.75) is 19.8 Å². The molecule has 1 nitrogen and oxygen atoms in total. The van der Waals surface area contributed by atoms with Crippen LogP contribution >= 0.6 is 7.14 Å². The highest BCUT2D eigenvalue weighted by atomic mass is 31.2. The van der Waals surface area contributed by atoms with E-state index in [1.54, 1.807) is 0 Å². The van der Waals surface area contributed by atoms with Crippen LogP contribution in [0.15, 0.2) is 54.6 Å². The molecule has 0 aromatic heterocycles. The van der Waals surface area contributed by atoms with E-state index in [0.29, 0.717) is 5.92 Å².